The van der Waals surface area contributed by atoms with Crippen LogP contribution in [0.15, 0.2) is 17.5 Å². The molecule has 2 heterocycles. The largest absolute Gasteiger partial charge is 0.329 e. The number of nitrogens with zero attached hydrogens (tertiary/aromatic N) is 1. The first-order valence-electron chi connectivity index (χ1n) is 5.32. The summed E-state index contributed by atoms with van der Waals surface area (Å²) in [5, 5.41) is 2.15. The molecular weight excluding hydrogens is 192 g/mol. The Balaban J connectivity index is 2.07. The first-order valence-corrected chi connectivity index (χ1v) is 6.20. The number of hydrogen-bond donors (Lipinski definition) is 1. The second-order valence-corrected chi connectivity index (χ2v) is 4.94. The van der Waals surface area contributed by atoms with Gasteiger partial charge < -0.3 is 5.73 Å². The molecule has 1 fully saturated rings. The minimum absolute atomic E-state index is 0.547. The third-order valence-electron chi connectivity index (χ3n) is 3.15. The van der Waals surface area contributed by atoms with Crippen molar-refractivity contribution in [3.63, 3.8) is 0 Å². The summed E-state index contributed by atoms with van der Waals surface area (Å²) in [6.07, 6.45) is 2.57. The molecule has 3 heteroatoms. The van der Waals surface area contributed by atoms with Crippen molar-refractivity contribution < 1.29 is 0 Å². The lowest BCUT2D eigenvalue weighted by Crippen LogP contribution is -2.36. The average molecular weight is 210 g/mol. The molecule has 2 atom stereocenters. The van der Waals surface area contributed by atoms with Gasteiger partial charge in [0.1, 0.15) is 0 Å². The fraction of sp³-hybridized carbons (Fsp3) is 0.636. The first-order chi connectivity index (χ1) is 6.83. The predicted molar refractivity (Wildman–Crippen MR) is 61.5 cm³/mol. The summed E-state index contributed by atoms with van der Waals surface area (Å²) in [7, 11) is 0. The van der Waals surface area contributed by atoms with Gasteiger partial charge in [-0.05, 0) is 37.8 Å². The van der Waals surface area contributed by atoms with Crippen LogP contribution < -0.4 is 5.73 Å². The maximum atomic E-state index is 5.78. The van der Waals surface area contributed by atoms with Gasteiger partial charge in [-0.15, -0.1) is 11.3 Å². The molecule has 2 N–H and O–H groups in total. The van der Waals surface area contributed by atoms with E-state index in [4.69, 9.17) is 5.73 Å². The lowest BCUT2D eigenvalue weighted by Gasteiger charge is -2.29. The Kier molecular flexibility index (Phi) is 3.21. The van der Waals surface area contributed by atoms with E-state index in [9.17, 15) is 0 Å². The number of hydrogen-bond acceptors (Lipinski definition) is 3. The van der Waals surface area contributed by atoms with Crippen molar-refractivity contribution in [2.24, 2.45) is 5.73 Å². The van der Waals surface area contributed by atoms with Crippen LogP contribution >= 0.6 is 11.3 Å². The van der Waals surface area contributed by atoms with Crippen LogP contribution in [0.2, 0.25) is 0 Å². The van der Waals surface area contributed by atoms with Crippen molar-refractivity contribution >= 4 is 11.3 Å². The highest BCUT2D eigenvalue weighted by Gasteiger charge is 2.28. The Morgan fingerprint density at radius 1 is 1.71 bits per heavy atom. The van der Waals surface area contributed by atoms with Crippen LogP contribution in [-0.4, -0.2) is 24.0 Å². The fourth-order valence-corrected chi connectivity index (χ4v) is 3.12. The second-order valence-electron chi connectivity index (χ2n) is 3.96. The van der Waals surface area contributed by atoms with E-state index < -0.39 is 0 Å². The highest BCUT2D eigenvalue weighted by molar-refractivity contribution is 7.10. The molecule has 0 spiro atoms. The van der Waals surface area contributed by atoms with E-state index in [0.29, 0.717) is 12.1 Å². The smallest absolute Gasteiger partial charge is 0.0416 e. The molecule has 1 saturated heterocycles. The zero-order valence-electron chi connectivity index (χ0n) is 8.65. The van der Waals surface area contributed by atoms with E-state index in [2.05, 4.69) is 29.3 Å². The topological polar surface area (TPSA) is 29.3 Å². The Hall–Kier alpha value is -0.380. The fourth-order valence-electron chi connectivity index (χ4n) is 2.31. The molecule has 1 aliphatic heterocycles. The number of thiophene rings is 1. The van der Waals surface area contributed by atoms with Crippen molar-refractivity contribution in [3.8, 4) is 0 Å². The van der Waals surface area contributed by atoms with Gasteiger partial charge in [0, 0.05) is 23.5 Å². The zero-order chi connectivity index (χ0) is 9.97. The van der Waals surface area contributed by atoms with Gasteiger partial charge in [-0.3, -0.25) is 4.90 Å². The van der Waals surface area contributed by atoms with E-state index in [0.717, 1.165) is 6.54 Å². The summed E-state index contributed by atoms with van der Waals surface area (Å²) < 4.78 is 0. The Morgan fingerprint density at radius 2 is 2.57 bits per heavy atom. The van der Waals surface area contributed by atoms with E-state index in [1.807, 2.05) is 11.3 Å². The molecule has 0 amide bonds. The van der Waals surface area contributed by atoms with Crippen molar-refractivity contribution in [3.05, 3.63) is 22.4 Å². The van der Waals surface area contributed by atoms with Crippen LogP contribution in [0, 0.1) is 0 Å². The van der Waals surface area contributed by atoms with Crippen LogP contribution in [0.5, 0.6) is 0 Å². The number of rotatable bonds is 3. The van der Waals surface area contributed by atoms with E-state index in [1.54, 1.807) is 0 Å². The quantitative estimate of drug-likeness (QED) is 0.829. The molecule has 14 heavy (non-hydrogen) atoms. The molecular formula is C11H18N2S. The van der Waals surface area contributed by atoms with Crippen LogP contribution in [0.1, 0.15) is 30.7 Å². The lowest BCUT2D eigenvalue weighted by molar-refractivity contribution is 0.199. The maximum Gasteiger partial charge on any atom is 0.0416 e. The van der Waals surface area contributed by atoms with Crippen LogP contribution in [0.3, 0.4) is 0 Å². The molecule has 2 nitrogen and oxygen atoms in total. The summed E-state index contributed by atoms with van der Waals surface area (Å²) in [4.78, 5) is 4.01. The van der Waals surface area contributed by atoms with Crippen LogP contribution in [0.4, 0.5) is 0 Å². The highest BCUT2D eigenvalue weighted by atomic mass is 32.1. The third kappa shape index (κ3) is 1.85. The van der Waals surface area contributed by atoms with Gasteiger partial charge >= 0.3 is 0 Å². The molecule has 0 saturated carbocycles. The Labute approximate surface area is 89.7 Å². The molecule has 2 rings (SSSR count). The monoisotopic (exact) mass is 210 g/mol. The summed E-state index contributed by atoms with van der Waals surface area (Å²) in [5.41, 5.74) is 5.78. The zero-order valence-corrected chi connectivity index (χ0v) is 9.46. The molecule has 0 radical (unpaired) electrons. The summed E-state index contributed by atoms with van der Waals surface area (Å²) >= 11 is 1.85. The SMILES string of the molecule is C[C@H](c1cccs1)N1CCC[C@@H]1CN. The average Bonchev–Trinajstić information content (AvgIpc) is 2.87. The standard InChI is InChI=1S/C11H18N2S/c1-9(11-5-3-7-14-11)13-6-2-4-10(13)8-12/h3,5,7,9-10H,2,4,6,8,12H2,1H3/t9-,10-/m1/s1. The molecule has 0 unspecified atom stereocenters. The van der Waals surface area contributed by atoms with Gasteiger partial charge in [-0.2, -0.15) is 0 Å². The Bertz CT molecular complexity index is 271. The molecule has 1 aromatic rings. The molecule has 0 bridgehead atoms. The van der Waals surface area contributed by atoms with Gasteiger partial charge in [0.15, 0.2) is 0 Å². The van der Waals surface area contributed by atoms with Crippen molar-refractivity contribution in [1.82, 2.24) is 4.90 Å². The molecule has 1 aliphatic rings. The van der Waals surface area contributed by atoms with Gasteiger partial charge in [-0.1, -0.05) is 6.07 Å². The predicted octanol–water partition coefficient (Wildman–Crippen LogP) is 2.23. The van der Waals surface area contributed by atoms with Crippen LogP contribution in [0.25, 0.3) is 0 Å². The van der Waals surface area contributed by atoms with E-state index >= 15 is 0 Å². The van der Waals surface area contributed by atoms with Gasteiger partial charge in [-0.25, -0.2) is 0 Å². The van der Waals surface area contributed by atoms with Gasteiger partial charge in [0.05, 0.1) is 0 Å². The second kappa shape index (κ2) is 4.43. The molecule has 1 aromatic heterocycles. The highest BCUT2D eigenvalue weighted by Crippen LogP contribution is 2.30. The normalized spacial score (nSPS) is 25.4. The molecule has 0 aliphatic carbocycles. The minimum atomic E-state index is 0.547. The van der Waals surface area contributed by atoms with Gasteiger partial charge in [0.2, 0.25) is 0 Å². The maximum absolute atomic E-state index is 5.78. The number of likely N-dealkylation sites (tertiary alicyclic amines) is 1. The molecule has 0 aromatic carbocycles. The van der Waals surface area contributed by atoms with Gasteiger partial charge in [0.25, 0.3) is 0 Å². The Morgan fingerprint density at radius 3 is 3.21 bits per heavy atom. The molecule has 78 valence electrons. The van der Waals surface area contributed by atoms with E-state index in [-0.39, 0.29) is 0 Å². The lowest BCUT2D eigenvalue weighted by atomic mass is 10.2. The number of nitrogens with two attached hydrogens (primary N) is 1. The minimum Gasteiger partial charge on any atom is -0.329 e. The van der Waals surface area contributed by atoms with Crippen LogP contribution in [-0.2, 0) is 0 Å². The van der Waals surface area contributed by atoms with E-state index in [1.165, 1.54) is 24.3 Å². The summed E-state index contributed by atoms with van der Waals surface area (Å²) in [5.74, 6) is 0. The van der Waals surface area contributed by atoms with Crippen molar-refractivity contribution in [2.45, 2.75) is 31.8 Å². The third-order valence-corrected chi connectivity index (χ3v) is 4.19. The summed E-state index contributed by atoms with van der Waals surface area (Å²) in [6, 6.07) is 5.50. The van der Waals surface area contributed by atoms with Crippen molar-refractivity contribution in [1.29, 1.82) is 0 Å². The first kappa shape index (κ1) is 10.1. The van der Waals surface area contributed by atoms with Crippen molar-refractivity contribution in [2.75, 3.05) is 13.1 Å². The summed E-state index contributed by atoms with van der Waals surface area (Å²) in [6.45, 7) is 4.30.